The fourth-order valence-corrected chi connectivity index (χ4v) is 2.74. The van der Waals surface area contributed by atoms with Crippen LogP contribution < -0.4 is 15.4 Å². The van der Waals surface area contributed by atoms with Crippen LogP contribution in [-0.2, 0) is 6.54 Å². The van der Waals surface area contributed by atoms with Gasteiger partial charge in [0.1, 0.15) is 11.6 Å². The maximum atomic E-state index is 13.8. The van der Waals surface area contributed by atoms with E-state index in [2.05, 4.69) is 10.6 Å². The van der Waals surface area contributed by atoms with Crippen molar-refractivity contribution in [3.05, 3.63) is 88.7 Å². The number of ether oxygens (including phenoxy) is 1. The normalized spacial score (nSPS) is 10.3. The summed E-state index contributed by atoms with van der Waals surface area (Å²) in [6, 6.07) is 18.6. The molecule has 27 heavy (non-hydrogen) atoms. The predicted octanol–water partition coefficient (Wildman–Crippen LogP) is 5.35. The van der Waals surface area contributed by atoms with E-state index in [1.165, 1.54) is 6.07 Å². The maximum absolute atomic E-state index is 13.8. The highest BCUT2D eigenvalue weighted by atomic mass is 35.5. The second kappa shape index (κ2) is 8.56. The van der Waals surface area contributed by atoms with Crippen LogP contribution in [0.15, 0.2) is 66.7 Å². The van der Waals surface area contributed by atoms with Crippen LogP contribution in [0.3, 0.4) is 0 Å². The summed E-state index contributed by atoms with van der Waals surface area (Å²) >= 11 is 6.02. The lowest BCUT2D eigenvalue weighted by Gasteiger charge is -2.10. The van der Waals surface area contributed by atoms with Crippen molar-refractivity contribution in [2.24, 2.45) is 0 Å². The lowest BCUT2D eigenvalue weighted by Crippen LogP contribution is -2.11. The number of carbonyl (C=O) groups excluding carboxylic acids is 1. The minimum Gasteiger partial charge on any atom is -0.497 e. The van der Waals surface area contributed by atoms with Gasteiger partial charge in [-0.15, -0.1) is 0 Å². The summed E-state index contributed by atoms with van der Waals surface area (Å²) < 4.78 is 18.9. The van der Waals surface area contributed by atoms with Gasteiger partial charge in [-0.25, -0.2) is 4.39 Å². The highest BCUT2D eigenvalue weighted by Crippen LogP contribution is 2.21. The molecule has 6 heteroatoms. The molecule has 0 saturated heterocycles. The Labute approximate surface area is 161 Å². The minimum absolute atomic E-state index is 0.219. The van der Waals surface area contributed by atoms with E-state index in [4.69, 9.17) is 16.3 Å². The fraction of sp³-hybridized carbons (Fsp3) is 0.0952. The van der Waals surface area contributed by atoms with Gasteiger partial charge in [0.05, 0.1) is 7.11 Å². The van der Waals surface area contributed by atoms with E-state index < -0.39 is 0 Å². The van der Waals surface area contributed by atoms with Crippen molar-refractivity contribution in [2.45, 2.75) is 6.54 Å². The van der Waals surface area contributed by atoms with E-state index in [0.717, 1.165) is 11.4 Å². The molecule has 0 atom stereocenters. The molecule has 0 fully saturated rings. The number of nitrogens with one attached hydrogen (secondary N) is 2. The minimum atomic E-state index is -0.356. The van der Waals surface area contributed by atoms with Gasteiger partial charge in [0, 0.05) is 34.1 Å². The number of benzene rings is 3. The summed E-state index contributed by atoms with van der Waals surface area (Å²) in [4.78, 5) is 12.3. The van der Waals surface area contributed by atoms with Crippen LogP contribution in [0.5, 0.6) is 5.75 Å². The van der Waals surface area contributed by atoms with Crippen LogP contribution in [0.2, 0.25) is 5.02 Å². The molecule has 0 radical (unpaired) electrons. The highest BCUT2D eigenvalue weighted by Gasteiger charge is 2.08. The lowest BCUT2D eigenvalue weighted by atomic mass is 10.1. The molecule has 0 unspecified atom stereocenters. The number of methoxy groups -OCH3 is 1. The molecule has 0 aliphatic carbocycles. The Morgan fingerprint density at radius 3 is 2.30 bits per heavy atom. The molecule has 3 aromatic carbocycles. The zero-order valence-corrected chi connectivity index (χ0v) is 15.4. The van der Waals surface area contributed by atoms with Crippen LogP contribution in [0, 0.1) is 5.82 Å². The average molecular weight is 385 g/mol. The van der Waals surface area contributed by atoms with Gasteiger partial charge in [-0.1, -0.05) is 17.7 Å². The Bertz CT molecular complexity index is 908. The molecule has 0 bridgehead atoms. The van der Waals surface area contributed by atoms with Crippen molar-refractivity contribution in [2.75, 3.05) is 17.7 Å². The molecular formula is C21H18ClFN2O2. The van der Waals surface area contributed by atoms with E-state index in [9.17, 15) is 9.18 Å². The summed E-state index contributed by atoms with van der Waals surface area (Å²) in [7, 11) is 1.59. The second-order valence-corrected chi connectivity index (χ2v) is 6.22. The number of hydrogen-bond donors (Lipinski definition) is 2. The molecule has 0 spiro atoms. The zero-order valence-electron chi connectivity index (χ0n) is 14.6. The van der Waals surface area contributed by atoms with Crippen molar-refractivity contribution >= 4 is 28.9 Å². The third-order valence-electron chi connectivity index (χ3n) is 4.03. The Morgan fingerprint density at radius 1 is 1.00 bits per heavy atom. The van der Waals surface area contributed by atoms with E-state index in [1.807, 2.05) is 0 Å². The first-order valence-electron chi connectivity index (χ1n) is 8.29. The molecule has 0 aromatic heterocycles. The van der Waals surface area contributed by atoms with Crippen molar-refractivity contribution in [3.63, 3.8) is 0 Å². The van der Waals surface area contributed by atoms with Gasteiger partial charge in [-0.05, 0) is 60.7 Å². The van der Waals surface area contributed by atoms with E-state index in [-0.39, 0.29) is 18.3 Å². The molecule has 0 saturated carbocycles. The number of anilines is 2. The van der Waals surface area contributed by atoms with E-state index in [1.54, 1.807) is 67.8 Å². The van der Waals surface area contributed by atoms with Gasteiger partial charge in [0.25, 0.3) is 5.91 Å². The van der Waals surface area contributed by atoms with Crippen molar-refractivity contribution < 1.29 is 13.9 Å². The van der Waals surface area contributed by atoms with Crippen molar-refractivity contribution in [3.8, 4) is 5.75 Å². The van der Waals surface area contributed by atoms with Crippen molar-refractivity contribution in [1.29, 1.82) is 0 Å². The zero-order chi connectivity index (χ0) is 19.2. The summed E-state index contributed by atoms with van der Waals surface area (Å²) in [5.74, 6) is 0.146. The van der Waals surface area contributed by atoms with Gasteiger partial charge in [-0.2, -0.15) is 0 Å². The topological polar surface area (TPSA) is 50.4 Å². The average Bonchev–Trinajstić information content (AvgIpc) is 2.68. The first-order valence-corrected chi connectivity index (χ1v) is 8.67. The van der Waals surface area contributed by atoms with Gasteiger partial charge < -0.3 is 15.4 Å². The third-order valence-corrected chi connectivity index (χ3v) is 4.38. The highest BCUT2D eigenvalue weighted by molar-refractivity contribution is 6.31. The number of carbonyl (C=O) groups is 1. The molecule has 0 aliphatic rings. The molecule has 1 amide bonds. The van der Waals surface area contributed by atoms with Gasteiger partial charge in [0.15, 0.2) is 0 Å². The number of hydrogen-bond acceptors (Lipinski definition) is 3. The molecule has 3 rings (SSSR count). The Kier molecular flexibility index (Phi) is 5.94. The first-order chi connectivity index (χ1) is 13.1. The molecule has 3 aromatic rings. The summed E-state index contributed by atoms with van der Waals surface area (Å²) in [6.45, 7) is 0.253. The Morgan fingerprint density at radius 2 is 1.67 bits per heavy atom. The SMILES string of the molecule is COc1ccc(NC(=O)c2ccc(NCc3c(F)cccc3Cl)cc2)cc1. The summed E-state index contributed by atoms with van der Waals surface area (Å²) in [6.07, 6.45) is 0. The van der Waals surface area contributed by atoms with Crippen molar-refractivity contribution in [1.82, 2.24) is 0 Å². The van der Waals surface area contributed by atoms with Gasteiger partial charge in [-0.3, -0.25) is 4.79 Å². The number of rotatable bonds is 6. The molecule has 0 heterocycles. The van der Waals surface area contributed by atoms with Crippen LogP contribution in [-0.4, -0.2) is 13.0 Å². The quantitative estimate of drug-likeness (QED) is 0.602. The van der Waals surface area contributed by atoms with Crippen LogP contribution in [0.1, 0.15) is 15.9 Å². The summed E-state index contributed by atoms with van der Waals surface area (Å²) in [5, 5.41) is 6.29. The molecule has 2 N–H and O–H groups in total. The standard InChI is InChI=1S/C21H18ClFN2O2/c1-27-17-11-9-16(10-12-17)25-21(26)14-5-7-15(8-6-14)24-13-18-19(22)3-2-4-20(18)23/h2-12,24H,13H2,1H3,(H,25,26). The molecular weight excluding hydrogens is 367 g/mol. The maximum Gasteiger partial charge on any atom is 0.255 e. The first kappa shape index (κ1) is 18.7. The molecule has 138 valence electrons. The largest absolute Gasteiger partial charge is 0.497 e. The van der Waals surface area contributed by atoms with E-state index >= 15 is 0 Å². The smallest absolute Gasteiger partial charge is 0.255 e. The van der Waals surface area contributed by atoms with E-state index in [0.29, 0.717) is 21.8 Å². The third kappa shape index (κ3) is 4.77. The van der Waals surface area contributed by atoms with Crippen LogP contribution in [0.25, 0.3) is 0 Å². The van der Waals surface area contributed by atoms with Crippen LogP contribution in [0.4, 0.5) is 15.8 Å². The monoisotopic (exact) mass is 384 g/mol. The summed E-state index contributed by atoms with van der Waals surface area (Å²) in [5.41, 5.74) is 2.35. The number of halogens is 2. The number of amides is 1. The molecule has 4 nitrogen and oxygen atoms in total. The fourth-order valence-electron chi connectivity index (χ4n) is 2.51. The Hall–Kier alpha value is -3.05. The molecule has 0 aliphatic heterocycles. The van der Waals surface area contributed by atoms with Gasteiger partial charge in [0.2, 0.25) is 0 Å². The Balaban J connectivity index is 1.61. The van der Waals surface area contributed by atoms with Gasteiger partial charge >= 0.3 is 0 Å². The second-order valence-electron chi connectivity index (χ2n) is 5.81. The van der Waals surface area contributed by atoms with Crippen LogP contribution >= 0.6 is 11.6 Å². The predicted molar refractivity (Wildman–Crippen MR) is 106 cm³/mol. The lowest BCUT2D eigenvalue weighted by molar-refractivity contribution is 0.102.